The molecule has 3 rings (SSSR count). The van der Waals surface area contributed by atoms with Crippen molar-refractivity contribution in [2.45, 2.75) is 41.0 Å². The lowest BCUT2D eigenvalue weighted by Crippen LogP contribution is -2.42. The summed E-state index contributed by atoms with van der Waals surface area (Å²) in [4.78, 5) is 27.1. The van der Waals surface area contributed by atoms with Crippen molar-refractivity contribution in [3.8, 4) is 5.75 Å². The molecule has 6 heteroatoms. The SMILES string of the molecule is CCCN1C(=O)C(C)(C)COc2cc(NC(=O)Nc3ccc(C)c(C)c3)ccc21. The van der Waals surface area contributed by atoms with Crippen LogP contribution in [-0.4, -0.2) is 25.1 Å². The molecule has 2 aromatic carbocycles. The standard InChI is InChI=1S/C23H29N3O3/c1-6-11-26-19-10-9-18(13-20(19)29-14-23(4,5)21(26)27)25-22(28)24-17-8-7-15(2)16(3)12-17/h7-10,12-13H,6,11,14H2,1-5H3,(H2,24,25,28). The first-order valence-corrected chi connectivity index (χ1v) is 9.95. The van der Waals surface area contributed by atoms with Crippen molar-refractivity contribution < 1.29 is 14.3 Å². The molecular weight excluding hydrogens is 366 g/mol. The number of nitrogens with zero attached hydrogens (tertiary/aromatic N) is 1. The molecule has 0 saturated carbocycles. The number of ether oxygens (including phenoxy) is 1. The summed E-state index contributed by atoms with van der Waals surface area (Å²) in [6.07, 6.45) is 0.847. The maximum Gasteiger partial charge on any atom is 0.323 e. The van der Waals surface area contributed by atoms with Crippen molar-refractivity contribution in [2.24, 2.45) is 5.41 Å². The Morgan fingerprint density at radius 3 is 2.38 bits per heavy atom. The van der Waals surface area contributed by atoms with Gasteiger partial charge in [-0.1, -0.05) is 13.0 Å². The summed E-state index contributed by atoms with van der Waals surface area (Å²) in [6, 6.07) is 10.8. The molecule has 0 fully saturated rings. The summed E-state index contributed by atoms with van der Waals surface area (Å²) in [5.74, 6) is 0.646. The van der Waals surface area contributed by atoms with Crippen LogP contribution >= 0.6 is 0 Å². The number of urea groups is 1. The third-order valence-corrected chi connectivity index (χ3v) is 5.13. The van der Waals surface area contributed by atoms with Gasteiger partial charge in [-0.25, -0.2) is 4.79 Å². The highest BCUT2D eigenvalue weighted by atomic mass is 16.5. The Kier molecular flexibility index (Phi) is 5.82. The highest BCUT2D eigenvalue weighted by Gasteiger charge is 2.37. The molecule has 0 saturated heterocycles. The average Bonchev–Trinajstić information content (AvgIpc) is 2.75. The maximum absolute atomic E-state index is 12.9. The number of rotatable bonds is 4. The van der Waals surface area contributed by atoms with Gasteiger partial charge in [0.15, 0.2) is 0 Å². The smallest absolute Gasteiger partial charge is 0.323 e. The number of anilines is 3. The lowest BCUT2D eigenvalue weighted by atomic mass is 9.93. The quantitative estimate of drug-likeness (QED) is 0.756. The number of amides is 3. The third-order valence-electron chi connectivity index (χ3n) is 5.13. The van der Waals surface area contributed by atoms with E-state index in [1.165, 1.54) is 5.56 Å². The van der Waals surface area contributed by atoms with Crippen LogP contribution in [0.2, 0.25) is 0 Å². The topological polar surface area (TPSA) is 70.7 Å². The lowest BCUT2D eigenvalue weighted by molar-refractivity contribution is -0.127. The Morgan fingerprint density at radius 2 is 1.72 bits per heavy atom. The zero-order chi connectivity index (χ0) is 21.2. The predicted octanol–water partition coefficient (Wildman–Crippen LogP) is 5.11. The molecule has 0 bridgehead atoms. The van der Waals surface area contributed by atoms with Gasteiger partial charge < -0.3 is 20.3 Å². The molecule has 0 unspecified atom stereocenters. The molecule has 1 heterocycles. The van der Waals surface area contributed by atoms with Crippen LogP contribution in [0, 0.1) is 19.3 Å². The number of hydrogen-bond acceptors (Lipinski definition) is 3. The summed E-state index contributed by atoms with van der Waals surface area (Å²) in [7, 11) is 0. The highest BCUT2D eigenvalue weighted by molar-refractivity contribution is 6.02. The van der Waals surface area contributed by atoms with E-state index in [0.717, 1.165) is 23.4 Å². The van der Waals surface area contributed by atoms with Crippen molar-refractivity contribution in [3.63, 3.8) is 0 Å². The van der Waals surface area contributed by atoms with Crippen LogP contribution in [0.5, 0.6) is 5.75 Å². The lowest BCUT2D eigenvalue weighted by Gasteiger charge is -2.27. The van der Waals surface area contributed by atoms with E-state index in [2.05, 4.69) is 10.6 Å². The fourth-order valence-electron chi connectivity index (χ4n) is 3.28. The average molecular weight is 396 g/mol. The number of aryl methyl sites for hydroxylation is 2. The second-order valence-corrected chi connectivity index (χ2v) is 8.19. The van der Waals surface area contributed by atoms with Crippen LogP contribution in [0.1, 0.15) is 38.3 Å². The summed E-state index contributed by atoms with van der Waals surface area (Å²) < 4.78 is 5.95. The molecule has 1 aliphatic rings. The molecular formula is C23H29N3O3. The maximum atomic E-state index is 12.9. The Bertz CT molecular complexity index is 937. The Labute approximate surface area is 172 Å². The fraction of sp³-hybridized carbons (Fsp3) is 0.391. The zero-order valence-corrected chi connectivity index (χ0v) is 17.8. The number of benzene rings is 2. The van der Waals surface area contributed by atoms with Crippen molar-refractivity contribution in [1.82, 2.24) is 0 Å². The van der Waals surface area contributed by atoms with Crippen LogP contribution in [0.25, 0.3) is 0 Å². The number of carbonyl (C=O) groups is 2. The van der Waals surface area contributed by atoms with Gasteiger partial charge in [0.2, 0.25) is 5.91 Å². The van der Waals surface area contributed by atoms with Gasteiger partial charge in [0.1, 0.15) is 12.4 Å². The summed E-state index contributed by atoms with van der Waals surface area (Å²) >= 11 is 0. The zero-order valence-electron chi connectivity index (χ0n) is 17.8. The Morgan fingerprint density at radius 1 is 1.07 bits per heavy atom. The van der Waals surface area contributed by atoms with Gasteiger partial charge >= 0.3 is 6.03 Å². The first kappa shape index (κ1) is 20.7. The van der Waals surface area contributed by atoms with Crippen molar-refractivity contribution >= 4 is 29.0 Å². The molecule has 2 N–H and O–H groups in total. The minimum absolute atomic E-state index is 0.0475. The molecule has 154 valence electrons. The predicted molar refractivity (Wildman–Crippen MR) is 117 cm³/mol. The van der Waals surface area contributed by atoms with E-state index in [4.69, 9.17) is 4.74 Å². The minimum atomic E-state index is -0.609. The highest BCUT2D eigenvalue weighted by Crippen LogP contribution is 2.38. The fourth-order valence-corrected chi connectivity index (χ4v) is 3.28. The largest absolute Gasteiger partial charge is 0.490 e. The molecule has 0 aliphatic carbocycles. The van der Waals surface area contributed by atoms with Crippen LogP contribution in [-0.2, 0) is 4.79 Å². The van der Waals surface area contributed by atoms with Gasteiger partial charge in [0.05, 0.1) is 11.1 Å². The molecule has 0 radical (unpaired) electrons. The summed E-state index contributed by atoms with van der Waals surface area (Å²) in [6.45, 7) is 10.8. The molecule has 0 spiro atoms. The van der Waals surface area contributed by atoms with Crippen LogP contribution < -0.4 is 20.3 Å². The van der Waals surface area contributed by atoms with Crippen molar-refractivity contribution in [2.75, 3.05) is 28.7 Å². The first-order valence-electron chi connectivity index (χ1n) is 9.95. The Balaban J connectivity index is 1.79. The van der Waals surface area contributed by atoms with Crippen LogP contribution in [0.3, 0.4) is 0 Å². The van der Waals surface area contributed by atoms with Crippen molar-refractivity contribution in [3.05, 3.63) is 47.5 Å². The van der Waals surface area contributed by atoms with Crippen LogP contribution in [0.15, 0.2) is 36.4 Å². The Hall–Kier alpha value is -3.02. The van der Waals surface area contributed by atoms with E-state index in [-0.39, 0.29) is 18.5 Å². The minimum Gasteiger partial charge on any atom is -0.490 e. The molecule has 6 nitrogen and oxygen atoms in total. The van der Waals surface area contributed by atoms with Gasteiger partial charge in [-0.05, 0) is 69.5 Å². The van der Waals surface area contributed by atoms with E-state index in [0.29, 0.717) is 18.0 Å². The second-order valence-electron chi connectivity index (χ2n) is 8.19. The van der Waals surface area contributed by atoms with E-state index in [9.17, 15) is 9.59 Å². The summed E-state index contributed by atoms with van der Waals surface area (Å²) in [5.41, 5.74) is 3.76. The number of carbonyl (C=O) groups excluding carboxylic acids is 2. The summed E-state index contributed by atoms with van der Waals surface area (Å²) in [5, 5.41) is 5.68. The van der Waals surface area contributed by atoms with Gasteiger partial charge in [-0.15, -0.1) is 0 Å². The number of fused-ring (bicyclic) bond motifs is 1. The first-order chi connectivity index (χ1) is 13.7. The van der Waals surface area contributed by atoms with Gasteiger partial charge in [-0.3, -0.25) is 4.79 Å². The number of nitrogens with one attached hydrogen (secondary N) is 2. The molecule has 29 heavy (non-hydrogen) atoms. The van der Waals surface area contributed by atoms with Gasteiger partial charge in [0, 0.05) is 24.0 Å². The van der Waals surface area contributed by atoms with E-state index in [1.54, 1.807) is 17.0 Å². The monoisotopic (exact) mass is 395 g/mol. The van der Waals surface area contributed by atoms with Crippen LogP contribution in [0.4, 0.5) is 21.9 Å². The molecule has 1 aliphatic heterocycles. The normalized spacial score (nSPS) is 15.2. The molecule has 0 atom stereocenters. The van der Waals surface area contributed by atoms with Gasteiger partial charge in [-0.2, -0.15) is 0 Å². The second kappa shape index (κ2) is 8.15. The van der Waals surface area contributed by atoms with E-state index < -0.39 is 5.41 Å². The van der Waals surface area contributed by atoms with E-state index in [1.807, 2.05) is 58.9 Å². The van der Waals surface area contributed by atoms with Gasteiger partial charge in [0.25, 0.3) is 0 Å². The number of hydrogen-bond donors (Lipinski definition) is 2. The molecule has 3 amide bonds. The molecule has 0 aromatic heterocycles. The third kappa shape index (κ3) is 4.53. The van der Waals surface area contributed by atoms with Crippen molar-refractivity contribution in [1.29, 1.82) is 0 Å². The van der Waals surface area contributed by atoms with E-state index >= 15 is 0 Å². The molecule has 2 aromatic rings.